The van der Waals surface area contributed by atoms with Gasteiger partial charge in [0.25, 0.3) is 0 Å². The zero-order valence-electron chi connectivity index (χ0n) is 14.4. The summed E-state index contributed by atoms with van der Waals surface area (Å²) in [7, 11) is 0. The Labute approximate surface area is 143 Å². The van der Waals surface area contributed by atoms with Crippen LogP contribution in [0, 0.1) is 17.6 Å². The van der Waals surface area contributed by atoms with Crippen LogP contribution in [-0.2, 0) is 0 Å². The second kappa shape index (κ2) is 7.92. The van der Waals surface area contributed by atoms with Crippen LogP contribution in [0.3, 0.4) is 0 Å². The maximum Gasteiger partial charge on any atom is 0.134 e. The number of halogens is 2. The summed E-state index contributed by atoms with van der Waals surface area (Å²) < 4.78 is 29.1. The minimum Gasteiger partial charge on any atom is -0.206 e. The van der Waals surface area contributed by atoms with Gasteiger partial charge in [0.05, 0.1) is 5.56 Å². The molecule has 0 aliphatic heterocycles. The summed E-state index contributed by atoms with van der Waals surface area (Å²) in [6.07, 6.45) is 8.33. The third-order valence-corrected chi connectivity index (χ3v) is 5.41. The van der Waals surface area contributed by atoms with Gasteiger partial charge in [-0.3, -0.25) is 0 Å². The van der Waals surface area contributed by atoms with E-state index in [0.29, 0.717) is 11.5 Å². The summed E-state index contributed by atoms with van der Waals surface area (Å²) in [6.45, 7) is 2.23. The fraction of sp³-hybridized carbons (Fsp3) is 0.455. The van der Waals surface area contributed by atoms with Gasteiger partial charge in [-0.25, -0.2) is 8.78 Å². The van der Waals surface area contributed by atoms with Crippen LogP contribution >= 0.6 is 0 Å². The van der Waals surface area contributed by atoms with Gasteiger partial charge in [-0.05, 0) is 60.8 Å². The zero-order valence-corrected chi connectivity index (χ0v) is 14.4. The summed E-state index contributed by atoms with van der Waals surface area (Å²) in [5.41, 5.74) is 1.52. The van der Waals surface area contributed by atoms with E-state index in [-0.39, 0.29) is 5.56 Å². The van der Waals surface area contributed by atoms with Crippen molar-refractivity contribution < 1.29 is 8.78 Å². The quantitative estimate of drug-likeness (QED) is 0.549. The normalized spacial score (nSPS) is 21.0. The average molecular weight is 328 g/mol. The Kier molecular flexibility index (Phi) is 5.65. The predicted molar refractivity (Wildman–Crippen MR) is 96.0 cm³/mol. The molecule has 1 aliphatic carbocycles. The number of hydrogen-bond donors (Lipinski definition) is 0. The third kappa shape index (κ3) is 3.85. The Balaban J connectivity index is 1.75. The molecule has 0 spiro atoms. The van der Waals surface area contributed by atoms with Gasteiger partial charge in [0.2, 0.25) is 0 Å². The molecule has 0 bridgehead atoms. The van der Waals surface area contributed by atoms with Crippen molar-refractivity contribution in [2.45, 2.75) is 57.8 Å². The van der Waals surface area contributed by atoms with Crippen LogP contribution in [0.4, 0.5) is 8.78 Å². The molecule has 2 heteroatoms. The van der Waals surface area contributed by atoms with Gasteiger partial charge in [0, 0.05) is 0 Å². The van der Waals surface area contributed by atoms with E-state index >= 15 is 0 Å². The molecule has 0 atom stereocenters. The van der Waals surface area contributed by atoms with Gasteiger partial charge in [0.15, 0.2) is 0 Å². The minimum absolute atomic E-state index is 0.0935. The molecule has 0 saturated heterocycles. The van der Waals surface area contributed by atoms with Crippen LogP contribution in [0.25, 0.3) is 11.1 Å². The van der Waals surface area contributed by atoms with E-state index < -0.39 is 11.6 Å². The van der Waals surface area contributed by atoms with Gasteiger partial charge in [-0.2, -0.15) is 0 Å². The molecule has 24 heavy (non-hydrogen) atoms. The lowest BCUT2D eigenvalue weighted by molar-refractivity contribution is 0.303. The van der Waals surface area contributed by atoms with E-state index in [1.165, 1.54) is 32.1 Å². The molecular weight excluding hydrogens is 302 g/mol. The van der Waals surface area contributed by atoms with E-state index in [1.54, 1.807) is 36.4 Å². The van der Waals surface area contributed by atoms with Crippen molar-refractivity contribution >= 4 is 0 Å². The standard InChI is InChI=1S/C22H26F2/c1-2-3-7-16-10-12-17(13-11-16)19-14-20(23)22(21(24)15-19)18-8-5-4-6-9-18/h4-6,8-9,14-17H,2-3,7,10-13H2,1H3. The highest BCUT2D eigenvalue weighted by Gasteiger charge is 2.24. The Bertz CT molecular complexity index is 632. The average Bonchev–Trinajstić information content (AvgIpc) is 2.61. The van der Waals surface area contributed by atoms with Gasteiger partial charge in [-0.15, -0.1) is 0 Å². The van der Waals surface area contributed by atoms with E-state index in [0.717, 1.165) is 24.3 Å². The molecule has 1 aliphatic rings. The van der Waals surface area contributed by atoms with Gasteiger partial charge < -0.3 is 0 Å². The molecule has 0 radical (unpaired) electrons. The van der Waals surface area contributed by atoms with Gasteiger partial charge in [0.1, 0.15) is 11.6 Å². The lowest BCUT2D eigenvalue weighted by atomic mass is 9.77. The summed E-state index contributed by atoms with van der Waals surface area (Å²) in [4.78, 5) is 0. The summed E-state index contributed by atoms with van der Waals surface area (Å²) in [5, 5.41) is 0. The molecule has 0 nitrogen and oxygen atoms in total. The molecule has 0 aromatic heterocycles. The highest BCUT2D eigenvalue weighted by atomic mass is 19.1. The number of hydrogen-bond acceptors (Lipinski definition) is 0. The van der Waals surface area contributed by atoms with E-state index in [9.17, 15) is 8.78 Å². The topological polar surface area (TPSA) is 0 Å². The first-order valence-corrected chi connectivity index (χ1v) is 9.23. The number of unbranched alkanes of at least 4 members (excludes halogenated alkanes) is 1. The molecule has 2 aromatic carbocycles. The number of rotatable bonds is 5. The predicted octanol–water partition coefficient (Wildman–Crippen LogP) is 7.10. The van der Waals surface area contributed by atoms with Crippen molar-refractivity contribution in [1.29, 1.82) is 0 Å². The van der Waals surface area contributed by atoms with Crippen molar-refractivity contribution in [2.24, 2.45) is 5.92 Å². The minimum atomic E-state index is -0.440. The maximum atomic E-state index is 14.6. The van der Waals surface area contributed by atoms with Crippen LogP contribution in [-0.4, -0.2) is 0 Å². The molecule has 0 amide bonds. The highest BCUT2D eigenvalue weighted by molar-refractivity contribution is 5.65. The fourth-order valence-corrected chi connectivity index (χ4v) is 3.99. The van der Waals surface area contributed by atoms with Crippen LogP contribution in [0.15, 0.2) is 42.5 Å². The molecule has 128 valence electrons. The maximum absolute atomic E-state index is 14.6. The Morgan fingerprint density at radius 1 is 0.917 bits per heavy atom. The first kappa shape index (κ1) is 17.1. The van der Waals surface area contributed by atoms with Crippen molar-refractivity contribution in [3.05, 3.63) is 59.7 Å². The van der Waals surface area contributed by atoms with Crippen LogP contribution in [0.2, 0.25) is 0 Å². The first-order chi connectivity index (χ1) is 11.7. The number of benzene rings is 2. The van der Waals surface area contributed by atoms with Gasteiger partial charge in [-0.1, -0.05) is 56.5 Å². The second-order valence-electron chi connectivity index (χ2n) is 7.09. The van der Waals surface area contributed by atoms with Crippen LogP contribution in [0.5, 0.6) is 0 Å². The van der Waals surface area contributed by atoms with Crippen molar-refractivity contribution in [3.63, 3.8) is 0 Å². The SMILES string of the molecule is CCCCC1CCC(c2cc(F)c(-c3ccccc3)c(F)c2)CC1. The molecule has 2 aromatic rings. The molecule has 0 unspecified atom stereocenters. The lowest BCUT2D eigenvalue weighted by Crippen LogP contribution is -2.14. The van der Waals surface area contributed by atoms with Crippen molar-refractivity contribution in [2.75, 3.05) is 0 Å². The smallest absolute Gasteiger partial charge is 0.134 e. The molecular formula is C22H26F2. The summed E-state index contributed by atoms with van der Waals surface area (Å²) in [6, 6.07) is 12.1. The van der Waals surface area contributed by atoms with Crippen molar-refractivity contribution in [1.82, 2.24) is 0 Å². The Hall–Kier alpha value is -1.70. The Morgan fingerprint density at radius 3 is 2.12 bits per heavy atom. The van der Waals surface area contributed by atoms with E-state index in [1.807, 2.05) is 6.07 Å². The summed E-state index contributed by atoms with van der Waals surface area (Å²) >= 11 is 0. The van der Waals surface area contributed by atoms with E-state index in [4.69, 9.17) is 0 Å². The van der Waals surface area contributed by atoms with E-state index in [2.05, 4.69) is 6.92 Å². The second-order valence-corrected chi connectivity index (χ2v) is 7.09. The first-order valence-electron chi connectivity index (χ1n) is 9.23. The molecule has 1 fully saturated rings. The molecule has 0 N–H and O–H groups in total. The monoisotopic (exact) mass is 328 g/mol. The molecule has 3 rings (SSSR count). The summed E-state index contributed by atoms with van der Waals surface area (Å²) in [5.74, 6) is 0.227. The van der Waals surface area contributed by atoms with Crippen LogP contribution in [0.1, 0.15) is 63.4 Å². The zero-order chi connectivity index (χ0) is 16.9. The Morgan fingerprint density at radius 2 is 1.54 bits per heavy atom. The lowest BCUT2D eigenvalue weighted by Gasteiger charge is -2.29. The fourth-order valence-electron chi connectivity index (χ4n) is 3.99. The largest absolute Gasteiger partial charge is 0.206 e. The highest BCUT2D eigenvalue weighted by Crippen LogP contribution is 2.39. The molecule has 1 saturated carbocycles. The van der Waals surface area contributed by atoms with Crippen molar-refractivity contribution in [3.8, 4) is 11.1 Å². The third-order valence-electron chi connectivity index (χ3n) is 5.41. The van der Waals surface area contributed by atoms with Crippen LogP contribution < -0.4 is 0 Å². The van der Waals surface area contributed by atoms with Gasteiger partial charge >= 0.3 is 0 Å². The molecule has 0 heterocycles.